The summed E-state index contributed by atoms with van der Waals surface area (Å²) in [5.74, 6) is -0.816. The Morgan fingerprint density at radius 1 is 0.939 bits per heavy atom. The molecule has 166 valence electrons. The highest BCUT2D eigenvalue weighted by Gasteiger charge is 2.55. The van der Waals surface area contributed by atoms with Gasteiger partial charge in [0.1, 0.15) is 12.1 Å². The molecule has 1 aliphatic heterocycles. The van der Waals surface area contributed by atoms with Crippen LogP contribution in [-0.4, -0.2) is 29.3 Å². The minimum absolute atomic E-state index is 0.354. The van der Waals surface area contributed by atoms with Crippen molar-refractivity contribution in [2.75, 3.05) is 11.6 Å². The van der Waals surface area contributed by atoms with Gasteiger partial charge in [-0.25, -0.2) is 4.79 Å². The van der Waals surface area contributed by atoms with Crippen LogP contribution in [-0.2, 0) is 28.1 Å². The molecule has 5 rings (SSSR count). The highest BCUT2D eigenvalue weighted by atomic mass is 16.2. The van der Waals surface area contributed by atoms with Gasteiger partial charge in [-0.1, -0.05) is 72.8 Å². The molecule has 1 atom stereocenters. The van der Waals surface area contributed by atoms with E-state index in [-0.39, 0.29) is 12.5 Å². The smallest absolute Gasteiger partial charge is 0.319 e. The first-order valence-corrected chi connectivity index (χ1v) is 11.0. The van der Waals surface area contributed by atoms with Gasteiger partial charge in [0.2, 0.25) is 0 Å². The van der Waals surface area contributed by atoms with Crippen molar-refractivity contribution in [1.29, 1.82) is 0 Å². The number of imide groups is 1. The van der Waals surface area contributed by atoms with E-state index in [4.69, 9.17) is 0 Å². The zero-order valence-electron chi connectivity index (χ0n) is 18.0. The predicted molar refractivity (Wildman–Crippen MR) is 124 cm³/mol. The molecule has 4 amide bonds. The second-order valence-corrected chi connectivity index (χ2v) is 8.33. The molecule has 2 N–H and O–H groups in total. The number of urea groups is 1. The van der Waals surface area contributed by atoms with Crippen molar-refractivity contribution in [2.24, 2.45) is 0 Å². The topological polar surface area (TPSA) is 81.8 Å². The summed E-state index contributed by atoms with van der Waals surface area (Å²) >= 11 is 0. The maximum absolute atomic E-state index is 13.3. The van der Waals surface area contributed by atoms with Gasteiger partial charge in [0, 0.05) is 0 Å². The Balaban J connectivity index is 1.33. The van der Waals surface area contributed by atoms with E-state index in [1.54, 1.807) is 5.01 Å². The third-order valence-electron chi connectivity index (χ3n) is 6.23. The summed E-state index contributed by atoms with van der Waals surface area (Å²) < 4.78 is 0. The second kappa shape index (κ2) is 8.43. The summed E-state index contributed by atoms with van der Waals surface area (Å²) in [6.45, 7) is 0.0841. The van der Waals surface area contributed by atoms with Crippen LogP contribution < -0.4 is 15.8 Å². The summed E-state index contributed by atoms with van der Waals surface area (Å²) in [7, 11) is 0. The number of amides is 4. The Morgan fingerprint density at radius 3 is 2.36 bits per heavy atom. The Hall–Kier alpha value is -4.13. The summed E-state index contributed by atoms with van der Waals surface area (Å²) in [5, 5.41) is 4.58. The van der Waals surface area contributed by atoms with Crippen LogP contribution in [0.3, 0.4) is 0 Å². The highest BCUT2D eigenvalue weighted by Crippen LogP contribution is 2.41. The first kappa shape index (κ1) is 20.8. The Morgan fingerprint density at radius 2 is 1.61 bits per heavy atom. The fraction of sp³-hybridized carbons (Fsp3) is 0.192. The molecule has 3 aromatic carbocycles. The minimum atomic E-state index is -1.07. The van der Waals surface area contributed by atoms with Gasteiger partial charge in [-0.15, -0.1) is 0 Å². The number of fused-ring (bicyclic) bond motifs is 2. The fourth-order valence-corrected chi connectivity index (χ4v) is 4.63. The third-order valence-corrected chi connectivity index (χ3v) is 6.23. The quantitative estimate of drug-likeness (QED) is 0.456. The molecule has 1 heterocycles. The average Bonchev–Trinajstić information content (AvgIpc) is 3.33. The number of hydrazine groups is 1. The number of carbonyl (C=O) groups excluding carboxylic acids is 3. The van der Waals surface area contributed by atoms with Crippen molar-refractivity contribution in [3.63, 3.8) is 0 Å². The van der Waals surface area contributed by atoms with E-state index in [9.17, 15) is 14.4 Å². The van der Waals surface area contributed by atoms with E-state index in [1.165, 1.54) is 0 Å². The number of nitrogens with one attached hydrogen (secondary N) is 2. The van der Waals surface area contributed by atoms with E-state index in [0.29, 0.717) is 19.4 Å². The van der Waals surface area contributed by atoms with Gasteiger partial charge < -0.3 is 5.32 Å². The molecule has 1 fully saturated rings. The maximum atomic E-state index is 13.3. The Labute approximate surface area is 192 Å². The molecule has 7 heteroatoms. The van der Waals surface area contributed by atoms with Crippen molar-refractivity contribution in [2.45, 2.75) is 24.9 Å². The SMILES string of the molecule is O=C(CN1C(=O)NC2(CCc3ccccc32)C1=O)NN(Cc1ccccc1)c1ccccc1. The van der Waals surface area contributed by atoms with Gasteiger partial charge in [0.05, 0.1) is 12.2 Å². The van der Waals surface area contributed by atoms with Crippen molar-refractivity contribution in [3.8, 4) is 0 Å². The first-order chi connectivity index (χ1) is 16.1. The second-order valence-electron chi connectivity index (χ2n) is 8.33. The molecule has 1 unspecified atom stereocenters. The lowest BCUT2D eigenvalue weighted by molar-refractivity contribution is -0.135. The first-order valence-electron chi connectivity index (χ1n) is 11.0. The average molecular weight is 441 g/mol. The van der Waals surface area contributed by atoms with Crippen molar-refractivity contribution in [3.05, 3.63) is 102 Å². The molecule has 1 spiro atoms. The van der Waals surface area contributed by atoms with Crippen molar-refractivity contribution < 1.29 is 14.4 Å². The predicted octanol–water partition coefficient (Wildman–Crippen LogP) is 3.12. The number of rotatable bonds is 6. The monoisotopic (exact) mass is 440 g/mol. The number of nitrogens with zero attached hydrogens (tertiary/aromatic N) is 2. The number of hydrogen-bond donors (Lipinski definition) is 2. The normalized spacial score (nSPS) is 18.8. The standard InChI is InChI=1S/C26H24N4O3/c31-23(28-30(21-12-5-2-6-13-21)17-19-9-3-1-4-10-19)18-29-24(32)26(27-25(29)33)16-15-20-11-7-8-14-22(20)26/h1-14H,15-18H2,(H,27,33)(H,28,31). The van der Waals surface area contributed by atoms with Gasteiger partial charge in [0.15, 0.2) is 0 Å². The minimum Gasteiger partial charge on any atom is -0.319 e. The van der Waals surface area contributed by atoms with E-state index in [0.717, 1.165) is 27.3 Å². The number of hydrogen-bond acceptors (Lipinski definition) is 4. The van der Waals surface area contributed by atoms with Crippen LogP contribution in [0.2, 0.25) is 0 Å². The largest absolute Gasteiger partial charge is 0.325 e. The molecule has 33 heavy (non-hydrogen) atoms. The molecule has 1 saturated heterocycles. The van der Waals surface area contributed by atoms with E-state index in [1.807, 2.05) is 84.9 Å². The number of para-hydroxylation sites is 1. The van der Waals surface area contributed by atoms with Crippen LogP contribution in [0.25, 0.3) is 0 Å². The molecule has 3 aromatic rings. The van der Waals surface area contributed by atoms with Crippen LogP contribution in [0.1, 0.15) is 23.1 Å². The summed E-state index contributed by atoms with van der Waals surface area (Å²) in [6.07, 6.45) is 1.21. The number of carbonyl (C=O) groups is 3. The zero-order valence-corrected chi connectivity index (χ0v) is 18.0. The molecule has 0 saturated carbocycles. The van der Waals surface area contributed by atoms with Crippen molar-refractivity contribution in [1.82, 2.24) is 15.6 Å². The van der Waals surface area contributed by atoms with Gasteiger partial charge in [-0.3, -0.25) is 24.9 Å². The summed E-state index contributed by atoms with van der Waals surface area (Å²) in [5.41, 5.74) is 5.48. The molecule has 7 nitrogen and oxygen atoms in total. The van der Waals surface area contributed by atoms with Crippen LogP contribution in [0.15, 0.2) is 84.9 Å². The number of aryl methyl sites for hydroxylation is 1. The van der Waals surface area contributed by atoms with Crippen LogP contribution >= 0.6 is 0 Å². The Bertz CT molecular complexity index is 1200. The van der Waals surface area contributed by atoms with E-state index in [2.05, 4.69) is 10.7 Å². The molecule has 0 bridgehead atoms. The van der Waals surface area contributed by atoms with E-state index < -0.39 is 17.5 Å². The molecular weight excluding hydrogens is 416 g/mol. The summed E-state index contributed by atoms with van der Waals surface area (Å²) in [4.78, 5) is 40.1. The maximum Gasteiger partial charge on any atom is 0.325 e. The van der Waals surface area contributed by atoms with Gasteiger partial charge in [0.25, 0.3) is 11.8 Å². The molecule has 1 aliphatic carbocycles. The molecular formula is C26H24N4O3. The lowest BCUT2D eigenvalue weighted by Gasteiger charge is -2.26. The lowest BCUT2D eigenvalue weighted by Crippen LogP contribution is -2.48. The molecule has 2 aliphatic rings. The van der Waals surface area contributed by atoms with Gasteiger partial charge in [-0.2, -0.15) is 0 Å². The summed E-state index contributed by atoms with van der Waals surface area (Å²) in [6, 6.07) is 26.3. The zero-order chi connectivity index (χ0) is 22.8. The van der Waals surface area contributed by atoms with Crippen LogP contribution in [0.5, 0.6) is 0 Å². The van der Waals surface area contributed by atoms with E-state index >= 15 is 0 Å². The fourth-order valence-electron chi connectivity index (χ4n) is 4.63. The van der Waals surface area contributed by atoms with Crippen LogP contribution in [0.4, 0.5) is 10.5 Å². The van der Waals surface area contributed by atoms with Crippen LogP contribution in [0, 0.1) is 0 Å². The molecule has 0 aromatic heterocycles. The molecule has 0 radical (unpaired) electrons. The van der Waals surface area contributed by atoms with Gasteiger partial charge >= 0.3 is 6.03 Å². The number of anilines is 1. The lowest BCUT2D eigenvalue weighted by atomic mass is 9.92. The Kier molecular flexibility index (Phi) is 5.30. The van der Waals surface area contributed by atoms with Gasteiger partial charge in [-0.05, 0) is 41.7 Å². The van der Waals surface area contributed by atoms with Crippen molar-refractivity contribution >= 4 is 23.5 Å². The highest BCUT2D eigenvalue weighted by molar-refractivity contribution is 6.10. The third kappa shape index (κ3) is 3.82. The number of benzene rings is 3.